The third-order valence-corrected chi connectivity index (χ3v) is 6.66. The van der Waals surface area contributed by atoms with Gasteiger partial charge in [-0.05, 0) is 93.6 Å². The van der Waals surface area contributed by atoms with Gasteiger partial charge in [0.25, 0.3) is 0 Å². The van der Waals surface area contributed by atoms with Crippen LogP contribution >= 0.6 is 23.2 Å². The predicted octanol–water partition coefficient (Wildman–Crippen LogP) is 6.01. The second kappa shape index (κ2) is 9.51. The topological polar surface area (TPSA) is 32.3 Å². The molecule has 2 aromatic carbocycles. The van der Waals surface area contributed by atoms with E-state index in [1.807, 2.05) is 12.1 Å². The quantitative estimate of drug-likeness (QED) is 0.627. The Bertz CT molecular complexity index is 889. The average Bonchev–Trinajstić information content (AvgIpc) is 2.67. The summed E-state index contributed by atoms with van der Waals surface area (Å²) in [6.45, 7) is 11.0. The van der Waals surface area contributed by atoms with Crippen molar-refractivity contribution in [1.29, 1.82) is 0 Å². The Labute approximate surface area is 184 Å². The summed E-state index contributed by atoms with van der Waals surface area (Å²) in [6.07, 6.45) is 1.74. The van der Waals surface area contributed by atoms with Gasteiger partial charge in [0.15, 0.2) is 0 Å². The lowest BCUT2D eigenvalue weighted by molar-refractivity contribution is -0.127. The Hall–Kier alpha value is -1.55. The molecule has 1 saturated heterocycles. The van der Waals surface area contributed by atoms with E-state index in [0.29, 0.717) is 10.0 Å². The van der Waals surface area contributed by atoms with Crippen molar-refractivity contribution in [3.63, 3.8) is 0 Å². The summed E-state index contributed by atoms with van der Waals surface area (Å²) >= 11 is 12.3. The second-order valence-electron chi connectivity index (χ2n) is 8.31. The number of benzene rings is 2. The fraction of sp³-hybridized carbons (Fsp3) is 0.458. The zero-order chi connectivity index (χ0) is 21.1. The number of rotatable bonds is 5. The predicted molar refractivity (Wildman–Crippen MR) is 122 cm³/mol. The maximum atomic E-state index is 12.8. The molecule has 0 radical (unpaired) electrons. The molecular weight excluding hydrogens is 403 g/mol. The van der Waals surface area contributed by atoms with Gasteiger partial charge in [0.1, 0.15) is 0 Å². The van der Waals surface area contributed by atoms with E-state index < -0.39 is 0 Å². The lowest BCUT2D eigenvalue weighted by atomic mass is 9.93. The Balaban J connectivity index is 1.54. The van der Waals surface area contributed by atoms with Crippen molar-refractivity contribution in [3.8, 4) is 0 Å². The van der Waals surface area contributed by atoms with Crippen molar-refractivity contribution in [2.75, 3.05) is 13.1 Å². The van der Waals surface area contributed by atoms with Crippen molar-refractivity contribution in [2.24, 2.45) is 5.92 Å². The van der Waals surface area contributed by atoms with Crippen LogP contribution in [0, 0.1) is 26.7 Å². The summed E-state index contributed by atoms with van der Waals surface area (Å²) < 4.78 is 0. The highest BCUT2D eigenvalue weighted by atomic mass is 35.5. The normalized spacial score (nSPS) is 16.6. The Kier molecular flexibility index (Phi) is 7.26. The van der Waals surface area contributed by atoms with Crippen LogP contribution < -0.4 is 5.32 Å². The van der Waals surface area contributed by atoms with E-state index in [9.17, 15) is 4.79 Å². The van der Waals surface area contributed by atoms with Gasteiger partial charge >= 0.3 is 0 Å². The number of hydrogen-bond donors (Lipinski definition) is 1. The number of halogens is 2. The molecule has 2 aromatic rings. The molecular formula is C24H30Cl2N2O. The van der Waals surface area contributed by atoms with E-state index in [4.69, 9.17) is 23.2 Å². The zero-order valence-electron chi connectivity index (χ0n) is 17.7. The van der Waals surface area contributed by atoms with Crippen molar-refractivity contribution in [1.82, 2.24) is 10.2 Å². The van der Waals surface area contributed by atoms with Crippen LogP contribution in [-0.4, -0.2) is 23.9 Å². The number of nitrogens with zero attached hydrogens (tertiary/aromatic N) is 1. The van der Waals surface area contributed by atoms with Gasteiger partial charge in [0.2, 0.25) is 5.91 Å². The lowest BCUT2D eigenvalue weighted by Crippen LogP contribution is -2.41. The highest BCUT2D eigenvalue weighted by Gasteiger charge is 2.26. The summed E-state index contributed by atoms with van der Waals surface area (Å²) in [4.78, 5) is 15.2. The van der Waals surface area contributed by atoms with Gasteiger partial charge in [-0.2, -0.15) is 0 Å². The van der Waals surface area contributed by atoms with Crippen molar-refractivity contribution >= 4 is 29.1 Å². The molecule has 1 aliphatic rings. The van der Waals surface area contributed by atoms with E-state index in [0.717, 1.165) is 38.0 Å². The summed E-state index contributed by atoms with van der Waals surface area (Å²) in [5, 5.41) is 4.60. The van der Waals surface area contributed by atoms with E-state index >= 15 is 0 Å². The van der Waals surface area contributed by atoms with Crippen LogP contribution in [0.15, 0.2) is 30.3 Å². The first-order valence-corrected chi connectivity index (χ1v) is 11.0. The molecule has 1 amide bonds. The van der Waals surface area contributed by atoms with Gasteiger partial charge in [0, 0.05) is 22.5 Å². The third kappa shape index (κ3) is 5.53. The Morgan fingerprint density at radius 2 is 1.72 bits per heavy atom. The Morgan fingerprint density at radius 1 is 1.07 bits per heavy atom. The molecule has 0 spiro atoms. The van der Waals surface area contributed by atoms with Crippen LogP contribution in [0.4, 0.5) is 0 Å². The average molecular weight is 433 g/mol. The molecule has 0 unspecified atom stereocenters. The summed E-state index contributed by atoms with van der Waals surface area (Å²) in [6, 6.07) is 10.1. The van der Waals surface area contributed by atoms with E-state index in [-0.39, 0.29) is 17.9 Å². The standard InChI is InChI=1S/C24H30Cl2N2O/c1-15-11-17(3)22(12-16(15)2)18(4)27-24(29)19-7-9-28(10-8-19)14-20-5-6-21(25)13-23(20)26/h5-6,11-13,18-19H,7-10,14H2,1-4H3,(H,27,29)/t18-/m0/s1. The summed E-state index contributed by atoms with van der Waals surface area (Å²) in [7, 11) is 0. The van der Waals surface area contributed by atoms with Crippen LogP contribution in [0.3, 0.4) is 0 Å². The van der Waals surface area contributed by atoms with E-state index in [1.54, 1.807) is 6.07 Å². The minimum absolute atomic E-state index is 0.0210. The molecule has 1 atom stereocenters. The number of amides is 1. The number of likely N-dealkylation sites (tertiary alicyclic amines) is 1. The molecule has 3 nitrogen and oxygen atoms in total. The van der Waals surface area contributed by atoms with E-state index in [2.05, 4.69) is 50.0 Å². The smallest absolute Gasteiger partial charge is 0.223 e. The lowest BCUT2D eigenvalue weighted by Gasteiger charge is -2.32. The molecule has 1 fully saturated rings. The number of piperidine rings is 1. The van der Waals surface area contributed by atoms with Gasteiger partial charge in [-0.15, -0.1) is 0 Å². The molecule has 0 saturated carbocycles. The zero-order valence-corrected chi connectivity index (χ0v) is 19.2. The van der Waals surface area contributed by atoms with Gasteiger partial charge in [-0.25, -0.2) is 0 Å². The molecule has 0 bridgehead atoms. The highest BCUT2D eigenvalue weighted by molar-refractivity contribution is 6.35. The number of nitrogens with one attached hydrogen (secondary N) is 1. The first-order valence-electron chi connectivity index (χ1n) is 10.3. The van der Waals surface area contributed by atoms with Gasteiger partial charge in [-0.3, -0.25) is 9.69 Å². The molecule has 5 heteroatoms. The first kappa shape index (κ1) is 22.1. The number of carbonyl (C=O) groups is 1. The van der Waals surface area contributed by atoms with E-state index in [1.165, 1.54) is 22.3 Å². The monoisotopic (exact) mass is 432 g/mol. The van der Waals surface area contributed by atoms with Gasteiger partial charge in [0.05, 0.1) is 6.04 Å². The molecule has 29 heavy (non-hydrogen) atoms. The van der Waals surface area contributed by atoms with Crippen molar-refractivity contribution < 1.29 is 4.79 Å². The van der Waals surface area contributed by atoms with Crippen LogP contribution in [0.1, 0.15) is 53.6 Å². The van der Waals surface area contributed by atoms with Crippen LogP contribution in [-0.2, 0) is 11.3 Å². The molecule has 1 N–H and O–H groups in total. The fourth-order valence-electron chi connectivity index (χ4n) is 4.10. The van der Waals surface area contributed by atoms with Crippen LogP contribution in [0.5, 0.6) is 0 Å². The van der Waals surface area contributed by atoms with Gasteiger partial charge in [-0.1, -0.05) is 41.4 Å². The third-order valence-electron chi connectivity index (χ3n) is 6.08. The van der Waals surface area contributed by atoms with Gasteiger partial charge < -0.3 is 5.32 Å². The number of aryl methyl sites for hydroxylation is 3. The molecule has 0 aromatic heterocycles. The minimum Gasteiger partial charge on any atom is -0.349 e. The number of hydrogen-bond acceptors (Lipinski definition) is 2. The minimum atomic E-state index is 0.0210. The molecule has 1 aliphatic heterocycles. The summed E-state index contributed by atoms with van der Waals surface area (Å²) in [5.41, 5.74) is 6.07. The highest BCUT2D eigenvalue weighted by Crippen LogP contribution is 2.26. The van der Waals surface area contributed by atoms with Crippen LogP contribution in [0.2, 0.25) is 10.0 Å². The summed E-state index contributed by atoms with van der Waals surface area (Å²) in [5.74, 6) is 0.237. The maximum Gasteiger partial charge on any atom is 0.223 e. The molecule has 3 rings (SSSR count). The first-order chi connectivity index (χ1) is 13.7. The largest absolute Gasteiger partial charge is 0.349 e. The molecule has 0 aliphatic carbocycles. The molecule has 156 valence electrons. The second-order valence-corrected chi connectivity index (χ2v) is 9.15. The van der Waals surface area contributed by atoms with Crippen molar-refractivity contribution in [2.45, 2.75) is 53.1 Å². The Morgan fingerprint density at radius 3 is 2.38 bits per heavy atom. The maximum absolute atomic E-state index is 12.8. The van der Waals surface area contributed by atoms with Crippen LogP contribution in [0.25, 0.3) is 0 Å². The fourth-order valence-corrected chi connectivity index (χ4v) is 4.57. The SMILES string of the molecule is Cc1cc(C)c([C@H](C)NC(=O)C2CCN(Cc3ccc(Cl)cc3Cl)CC2)cc1C. The van der Waals surface area contributed by atoms with Crippen molar-refractivity contribution in [3.05, 3.63) is 68.2 Å². The number of carbonyl (C=O) groups excluding carboxylic acids is 1. The molecule has 1 heterocycles.